The van der Waals surface area contributed by atoms with Crippen molar-refractivity contribution in [2.75, 3.05) is 12.0 Å². The minimum Gasteiger partial charge on any atom is -0.497 e. The van der Waals surface area contributed by atoms with E-state index in [2.05, 4.69) is 18.0 Å². The number of benzodiazepines with no additional fused rings is 1. The van der Waals surface area contributed by atoms with E-state index in [-0.39, 0.29) is 18.9 Å². The Kier molecular flexibility index (Phi) is 10.9. The largest absolute Gasteiger partial charge is 0.497 e. The van der Waals surface area contributed by atoms with Crippen molar-refractivity contribution in [2.24, 2.45) is 28.5 Å². The zero-order valence-electron chi connectivity index (χ0n) is 28.5. The molecule has 1 fully saturated rings. The van der Waals surface area contributed by atoms with Crippen LogP contribution in [0.25, 0.3) is 11.1 Å². The van der Waals surface area contributed by atoms with Crippen molar-refractivity contribution in [2.45, 2.75) is 51.2 Å². The van der Waals surface area contributed by atoms with E-state index >= 15 is 0 Å². The van der Waals surface area contributed by atoms with Crippen LogP contribution in [0.2, 0.25) is 0 Å². The number of anilines is 1. The summed E-state index contributed by atoms with van der Waals surface area (Å²) in [5.74, 6) is -1.68. The predicted molar refractivity (Wildman–Crippen MR) is 198 cm³/mol. The molecule has 3 atom stereocenters. The summed E-state index contributed by atoms with van der Waals surface area (Å²) in [7, 11) is 1.64. The van der Waals surface area contributed by atoms with Crippen molar-refractivity contribution in [1.29, 1.82) is 0 Å². The van der Waals surface area contributed by atoms with Gasteiger partial charge in [0.25, 0.3) is 5.91 Å². The molecule has 4 aromatic carbocycles. The molecule has 3 amide bonds. The molecule has 1 heterocycles. The number of carbonyl (C=O) groups excluding carboxylic acids is 3. The zero-order chi connectivity index (χ0) is 35.0. The Bertz CT molecular complexity index is 1860. The highest BCUT2D eigenvalue weighted by atomic mass is 16.5. The molecule has 0 bridgehead atoms. The first-order valence-electron chi connectivity index (χ1n) is 17.3. The quantitative estimate of drug-likeness (QED) is 0.149. The molecule has 256 valence electrons. The molecule has 8 nitrogen and oxygen atoms in total. The van der Waals surface area contributed by atoms with E-state index in [4.69, 9.17) is 15.5 Å². The average molecular weight is 669 g/mol. The third-order valence-electron chi connectivity index (χ3n) is 9.90. The first-order chi connectivity index (χ1) is 24.4. The molecule has 2 aliphatic rings. The molecule has 0 radical (unpaired) electrons. The topological polar surface area (TPSA) is 114 Å². The number of allylic oxidation sites excluding steroid dienone is 1. The van der Waals surface area contributed by atoms with Gasteiger partial charge in [-0.25, -0.2) is 4.99 Å². The standard InChI is InChI=1S/C42H44N4O4/c1-3-12-34(39(43)47)36(26-28-13-7-8-14-28)41(48)45-40-42(49)46(27-29-15-11-18-32(25-29)30-21-23-33(50-2)24-22-30)37-20-10-9-19-35(37)38(44-40)31-16-5-4-6-17-31/h3-6,9-11,15-25,28,34,36,40H,1,7-8,12-14,26-27H2,2H3,(H2,43,47)(H,45,48). The number of rotatable bonds is 13. The average Bonchev–Trinajstić information content (AvgIpc) is 3.64. The number of nitrogens with one attached hydrogen (secondary N) is 1. The Labute approximate surface area is 294 Å². The third kappa shape index (κ3) is 7.70. The van der Waals surface area contributed by atoms with Crippen LogP contribution in [-0.4, -0.2) is 36.7 Å². The van der Waals surface area contributed by atoms with Crippen LogP contribution >= 0.6 is 0 Å². The van der Waals surface area contributed by atoms with Gasteiger partial charge in [-0.05, 0) is 59.7 Å². The van der Waals surface area contributed by atoms with Crippen LogP contribution in [0.5, 0.6) is 5.75 Å². The van der Waals surface area contributed by atoms with Gasteiger partial charge in [0.15, 0.2) is 0 Å². The number of nitrogens with zero attached hydrogens (tertiary/aromatic N) is 2. The zero-order valence-corrected chi connectivity index (χ0v) is 28.5. The SMILES string of the molecule is C=CCC(C(N)=O)C(CC1CCCC1)C(=O)NC1N=C(c2ccccc2)c2ccccc2N(Cc2cccc(-c3ccc(OC)cc3)c2)C1=O. The van der Waals surface area contributed by atoms with E-state index in [0.29, 0.717) is 23.7 Å². The summed E-state index contributed by atoms with van der Waals surface area (Å²) in [6.07, 6.45) is 5.39. The van der Waals surface area contributed by atoms with Crippen molar-refractivity contribution in [3.8, 4) is 16.9 Å². The third-order valence-corrected chi connectivity index (χ3v) is 9.90. The van der Waals surface area contributed by atoms with Crippen molar-refractivity contribution in [3.05, 3.63) is 132 Å². The lowest BCUT2D eigenvalue weighted by Crippen LogP contribution is -2.50. The van der Waals surface area contributed by atoms with E-state index in [9.17, 15) is 14.4 Å². The number of para-hydroxylation sites is 1. The number of nitrogens with two attached hydrogens (primary N) is 1. The van der Waals surface area contributed by atoms with Crippen LogP contribution in [0.3, 0.4) is 0 Å². The van der Waals surface area contributed by atoms with Gasteiger partial charge in [-0.3, -0.25) is 14.4 Å². The first kappa shape index (κ1) is 34.4. The van der Waals surface area contributed by atoms with Crippen molar-refractivity contribution in [1.82, 2.24) is 5.32 Å². The lowest BCUT2D eigenvalue weighted by Gasteiger charge is -2.29. The van der Waals surface area contributed by atoms with Gasteiger partial charge in [-0.1, -0.05) is 111 Å². The normalized spacial score (nSPS) is 17.2. The van der Waals surface area contributed by atoms with Gasteiger partial charge in [-0.2, -0.15) is 0 Å². The van der Waals surface area contributed by atoms with E-state index in [1.165, 1.54) is 0 Å². The molecule has 50 heavy (non-hydrogen) atoms. The summed E-state index contributed by atoms with van der Waals surface area (Å²) in [5.41, 5.74) is 11.7. The Morgan fingerprint density at radius 3 is 2.32 bits per heavy atom. The number of amides is 3. The summed E-state index contributed by atoms with van der Waals surface area (Å²) in [6, 6.07) is 33.3. The second-order valence-corrected chi connectivity index (χ2v) is 13.2. The Morgan fingerprint density at radius 1 is 0.920 bits per heavy atom. The van der Waals surface area contributed by atoms with Crippen molar-refractivity contribution >= 4 is 29.1 Å². The Hall–Kier alpha value is -5.50. The second-order valence-electron chi connectivity index (χ2n) is 13.2. The number of hydrogen-bond donors (Lipinski definition) is 2. The molecule has 6 rings (SSSR count). The molecule has 4 aromatic rings. The summed E-state index contributed by atoms with van der Waals surface area (Å²) >= 11 is 0. The number of fused-ring (bicyclic) bond motifs is 1. The molecule has 0 saturated heterocycles. The van der Waals surface area contributed by atoms with Gasteiger partial charge >= 0.3 is 0 Å². The fourth-order valence-corrected chi connectivity index (χ4v) is 7.29. The van der Waals surface area contributed by atoms with Crippen LogP contribution in [-0.2, 0) is 20.9 Å². The summed E-state index contributed by atoms with van der Waals surface area (Å²) < 4.78 is 5.34. The summed E-state index contributed by atoms with van der Waals surface area (Å²) in [4.78, 5) is 48.4. The molecular formula is C42H44N4O4. The molecule has 0 aromatic heterocycles. The maximum atomic E-state index is 14.7. The van der Waals surface area contributed by atoms with Crippen LogP contribution in [0.1, 0.15) is 55.2 Å². The molecule has 0 spiro atoms. The maximum absolute atomic E-state index is 14.7. The van der Waals surface area contributed by atoms with Crippen molar-refractivity contribution < 1.29 is 19.1 Å². The van der Waals surface area contributed by atoms with Gasteiger partial charge in [0, 0.05) is 11.1 Å². The smallest absolute Gasteiger partial charge is 0.272 e. The highest BCUT2D eigenvalue weighted by Crippen LogP contribution is 2.35. The summed E-state index contributed by atoms with van der Waals surface area (Å²) in [5, 5.41) is 3.00. The molecule has 3 N–H and O–H groups in total. The fraction of sp³-hybridized carbons (Fsp3) is 0.286. The van der Waals surface area contributed by atoms with Crippen molar-refractivity contribution in [3.63, 3.8) is 0 Å². The molecule has 3 unspecified atom stereocenters. The van der Waals surface area contributed by atoms with E-state index in [1.807, 2.05) is 97.1 Å². The second kappa shape index (κ2) is 15.8. The van der Waals surface area contributed by atoms with Gasteiger partial charge in [0.2, 0.25) is 18.0 Å². The Balaban J connectivity index is 1.39. The van der Waals surface area contributed by atoms with Crippen LogP contribution in [0, 0.1) is 17.8 Å². The van der Waals surface area contributed by atoms with E-state index in [1.54, 1.807) is 18.1 Å². The monoisotopic (exact) mass is 668 g/mol. The number of primary amides is 1. The van der Waals surface area contributed by atoms with Gasteiger partial charge in [0.05, 0.1) is 36.9 Å². The van der Waals surface area contributed by atoms with Gasteiger partial charge < -0.3 is 20.7 Å². The van der Waals surface area contributed by atoms with Crippen LogP contribution in [0.15, 0.2) is 121 Å². The highest BCUT2D eigenvalue weighted by molar-refractivity contribution is 6.20. The number of aliphatic imine (C=N–C) groups is 1. The minimum atomic E-state index is -1.24. The van der Waals surface area contributed by atoms with E-state index in [0.717, 1.165) is 59.3 Å². The number of carbonyl (C=O) groups is 3. The number of hydrogen-bond acceptors (Lipinski definition) is 5. The fourth-order valence-electron chi connectivity index (χ4n) is 7.29. The predicted octanol–water partition coefficient (Wildman–Crippen LogP) is 7.06. The molecular weight excluding hydrogens is 624 g/mol. The lowest BCUT2D eigenvalue weighted by atomic mass is 9.80. The molecule has 1 aliphatic carbocycles. The van der Waals surface area contributed by atoms with Crippen LogP contribution in [0.4, 0.5) is 5.69 Å². The maximum Gasteiger partial charge on any atom is 0.272 e. The first-order valence-corrected chi connectivity index (χ1v) is 17.3. The minimum absolute atomic E-state index is 0.246. The van der Waals surface area contributed by atoms with E-state index < -0.39 is 29.8 Å². The number of ether oxygens (including phenoxy) is 1. The Morgan fingerprint density at radius 2 is 1.62 bits per heavy atom. The molecule has 8 heteroatoms. The molecule has 1 aliphatic heterocycles. The molecule has 1 saturated carbocycles. The summed E-state index contributed by atoms with van der Waals surface area (Å²) in [6.45, 7) is 4.06. The number of methoxy groups -OCH3 is 1. The van der Waals surface area contributed by atoms with Gasteiger partial charge in [-0.15, -0.1) is 6.58 Å². The van der Waals surface area contributed by atoms with Crippen LogP contribution < -0.4 is 20.7 Å². The lowest BCUT2D eigenvalue weighted by molar-refractivity contribution is -0.135. The number of benzene rings is 4. The van der Waals surface area contributed by atoms with Gasteiger partial charge in [0.1, 0.15) is 5.75 Å². The highest BCUT2D eigenvalue weighted by Gasteiger charge is 2.38.